The van der Waals surface area contributed by atoms with Crippen molar-refractivity contribution in [2.45, 2.75) is 50.2 Å². The number of alkyl halides is 3. The van der Waals surface area contributed by atoms with Gasteiger partial charge in [-0.1, -0.05) is 12.1 Å². The Labute approximate surface area is 263 Å². The molecule has 4 aromatic rings. The molecule has 2 aromatic carbocycles. The molecule has 0 radical (unpaired) electrons. The first kappa shape index (κ1) is 32.2. The second-order valence-corrected chi connectivity index (χ2v) is 11.3. The van der Waals surface area contributed by atoms with Gasteiger partial charge >= 0.3 is 6.18 Å². The molecule has 3 heterocycles. The number of carbonyl (C=O) groups is 2. The largest absolute Gasteiger partial charge is 0.435 e. The third kappa shape index (κ3) is 6.72. The Morgan fingerprint density at radius 2 is 1.77 bits per heavy atom. The highest BCUT2D eigenvalue weighted by Gasteiger charge is 2.47. The van der Waals surface area contributed by atoms with E-state index in [9.17, 15) is 35.9 Å². The van der Waals surface area contributed by atoms with Gasteiger partial charge in [-0.05, 0) is 54.3 Å². The third-order valence-electron chi connectivity index (χ3n) is 8.14. The zero-order valence-electron chi connectivity index (χ0n) is 24.5. The zero-order valence-corrected chi connectivity index (χ0v) is 24.5. The fourth-order valence-electron chi connectivity index (χ4n) is 6.15. The van der Waals surface area contributed by atoms with E-state index in [0.717, 1.165) is 22.9 Å². The number of ether oxygens (including phenoxy) is 2. The number of hydrogen-bond donors (Lipinski definition) is 2. The van der Waals surface area contributed by atoms with Crippen LogP contribution in [0.4, 0.5) is 26.3 Å². The lowest BCUT2D eigenvalue weighted by atomic mass is 9.90. The molecule has 1 atom stereocenters. The average Bonchev–Trinajstić information content (AvgIpc) is 3.60. The standard InChI is InChI=1S/C32H27F6N5O4/c33-19-10-17(11-20(34)14-19)12-25(28-21(2-1-7-40-28)18-3-4-24(35)22(13-18)30(39)45)41-27(44)16-43-26-5-6-31(46-8-9-47-31)15-23(26)29(42-43)32(36,37)38/h1-4,7,10-11,13-14,25H,5-6,8-9,12,15-16H2,(H2,39,45)(H,41,44). The number of pyridine rings is 1. The van der Waals surface area contributed by atoms with E-state index in [1.54, 1.807) is 12.1 Å². The van der Waals surface area contributed by atoms with Crippen LogP contribution in [0.15, 0.2) is 54.7 Å². The highest BCUT2D eigenvalue weighted by molar-refractivity contribution is 5.94. The maximum absolute atomic E-state index is 14.3. The molecular formula is C32H27F6N5O4. The van der Waals surface area contributed by atoms with Crippen LogP contribution < -0.4 is 11.1 Å². The SMILES string of the molecule is NC(=O)c1cc(-c2cccnc2C(Cc2cc(F)cc(F)c2)NC(=O)Cn2nc(C(F)(F)F)c3c2CCC2(C3)OCCO2)ccc1F. The van der Waals surface area contributed by atoms with Crippen LogP contribution in [-0.4, -0.2) is 45.6 Å². The molecule has 246 valence electrons. The van der Waals surface area contributed by atoms with E-state index in [-0.39, 0.29) is 61.4 Å². The summed E-state index contributed by atoms with van der Waals surface area (Å²) >= 11 is 0. The molecule has 0 bridgehead atoms. The number of aromatic nitrogens is 3. The smallest absolute Gasteiger partial charge is 0.366 e. The molecule has 0 saturated carbocycles. The second kappa shape index (κ2) is 12.4. The maximum Gasteiger partial charge on any atom is 0.435 e. The van der Waals surface area contributed by atoms with E-state index in [0.29, 0.717) is 17.2 Å². The maximum atomic E-state index is 14.3. The summed E-state index contributed by atoms with van der Waals surface area (Å²) in [6, 6.07) is 8.44. The van der Waals surface area contributed by atoms with Crippen molar-refractivity contribution in [2.24, 2.45) is 5.73 Å². The van der Waals surface area contributed by atoms with Gasteiger partial charge in [0.05, 0.1) is 30.5 Å². The summed E-state index contributed by atoms with van der Waals surface area (Å²) in [5.74, 6) is -5.57. The molecule has 2 amide bonds. The van der Waals surface area contributed by atoms with E-state index in [2.05, 4.69) is 15.4 Å². The summed E-state index contributed by atoms with van der Waals surface area (Å²) in [4.78, 5) is 29.8. The van der Waals surface area contributed by atoms with Crippen molar-refractivity contribution in [3.05, 3.63) is 106 Å². The third-order valence-corrected chi connectivity index (χ3v) is 8.14. The molecule has 1 spiro atoms. The first-order valence-corrected chi connectivity index (χ1v) is 14.5. The van der Waals surface area contributed by atoms with Crippen molar-refractivity contribution >= 4 is 11.8 Å². The molecule has 1 saturated heterocycles. The highest BCUT2D eigenvalue weighted by Crippen LogP contribution is 2.41. The quantitative estimate of drug-likeness (QED) is 0.262. The summed E-state index contributed by atoms with van der Waals surface area (Å²) in [6.45, 7) is -0.117. The zero-order chi connectivity index (χ0) is 33.5. The molecule has 3 N–H and O–H groups in total. The monoisotopic (exact) mass is 659 g/mol. The van der Waals surface area contributed by atoms with E-state index >= 15 is 0 Å². The first-order chi connectivity index (χ1) is 22.3. The summed E-state index contributed by atoms with van der Waals surface area (Å²) in [6.07, 6.45) is -3.43. The minimum atomic E-state index is -4.81. The molecular weight excluding hydrogens is 632 g/mol. The lowest BCUT2D eigenvalue weighted by Crippen LogP contribution is -2.38. The van der Waals surface area contributed by atoms with Crippen LogP contribution in [0.3, 0.4) is 0 Å². The number of benzene rings is 2. The summed E-state index contributed by atoms with van der Waals surface area (Å²) in [5, 5.41) is 6.50. The molecule has 15 heteroatoms. The van der Waals surface area contributed by atoms with Crippen molar-refractivity contribution in [2.75, 3.05) is 13.2 Å². The first-order valence-electron chi connectivity index (χ1n) is 14.5. The minimum Gasteiger partial charge on any atom is -0.366 e. The van der Waals surface area contributed by atoms with Gasteiger partial charge in [0, 0.05) is 41.9 Å². The van der Waals surface area contributed by atoms with Crippen LogP contribution in [0.1, 0.15) is 51.0 Å². The summed E-state index contributed by atoms with van der Waals surface area (Å²) in [5.41, 5.74) is 4.82. The molecule has 2 aliphatic rings. The van der Waals surface area contributed by atoms with Gasteiger partial charge in [-0.2, -0.15) is 18.3 Å². The van der Waals surface area contributed by atoms with Gasteiger partial charge in [0.25, 0.3) is 5.91 Å². The molecule has 1 fully saturated rings. The fourth-order valence-corrected chi connectivity index (χ4v) is 6.15. The van der Waals surface area contributed by atoms with Gasteiger partial charge in [-0.25, -0.2) is 13.2 Å². The summed E-state index contributed by atoms with van der Waals surface area (Å²) in [7, 11) is 0. The van der Waals surface area contributed by atoms with Gasteiger partial charge in [0.1, 0.15) is 24.0 Å². The Morgan fingerprint density at radius 1 is 1.04 bits per heavy atom. The van der Waals surface area contributed by atoms with E-state index in [4.69, 9.17) is 15.2 Å². The predicted octanol–water partition coefficient (Wildman–Crippen LogP) is 4.81. The Kier molecular flexibility index (Phi) is 8.53. The predicted molar refractivity (Wildman–Crippen MR) is 153 cm³/mol. The Morgan fingerprint density at radius 3 is 2.45 bits per heavy atom. The molecule has 1 unspecified atom stereocenters. The number of nitrogens with zero attached hydrogens (tertiary/aromatic N) is 3. The van der Waals surface area contributed by atoms with Crippen LogP contribution in [0.2, 0.25) is 0 Å². The molecule has 9 nitrogen and oxygen atoms in total. The van der Waals surface area contributed by atoms with Gasteiger partial charge in [0.2, 0.25) is 5.91 Å². The number of primary amides is 1. The number of amides is 2. The molecule has 2 aromatic heterocycles. The van der Waals surface area contributed by atoms with Crippen LogP contribution in [0, 0.1) is 17.5 Å². The van der Waals surface area contributed by atoms with Gasteiger partial charge in [-0.3, -0.25) is 19.3 Å². The van der Waals surface area contributed by atoms with Crippen molar-refractivity contribution in [1.82, 2.24) is 20.1 Å². The van der Waals surface area contributed by atoms with E-state index in [1.165, 1.54) is 18.3 Å². The normalized spacial score (nSPS) is 16.2. The number of hydrogen-bond acceptors (Lipinski definition) is 6. The number of nitrogens with one attached hydrogen (secondary N) is 1. The number of rotatable bonds is 8. The number of fused-ring (bicyclic) bond motifs is 1. The Balaban J connectivity index is 1.35. The molecule has 47 heavy (non-hydrogen) atoms. The fraction of sp³-hybridized carbons (Fsp3) is 0.312. The van der Waals surface area contributed by atoms with Crippen LogP contribution in [-0.2, 0) is 46.3 Å². The van der Waals surface area contributed by atoms with Crippen LogP contribution >= 0.6 is 0 Å². The summed E-state index contributed by atoms with van der Waals surface area (Å²) < 4.78 is 97.1. The van der Waals surface area contributed by atoms with Gasteiger partial charge in [-0.15, -0.1) is 0 Å². The average molecular weight is 660 g/mol. The highest BCUT2D eigenvalue weighted by atomic mass is 19.4. The number of nitrogens with two attached hydrogens (primary N) is 1. The number of halogens is 6. The van der Waals surface area contributed by atoms with Crippen LogP contribution in [0.25, 0.3) is 11.1 Å². The Hall–Kier alpha value is -4.76. The lowest BCUT2D eigenvalue weighted by Gasteiger charge is -2.32. The lowest BCUT2D eigenvalue weighted by molar-refractivity contribution is -0.167. The van der Waals surface area contributed by atoms with Gasteiger partial charge in [0.15, 0.2) is 11.5 Å². The Bertz CT molecular complexity index is 1830. The van der Waals surface area contributed by atoms with Crippen molar-refractivity contribution in [3.8, 4) is 11.1 Å². The topological polar surface area (TPSA) is 121 Å². The van der Waals surface area contributed by atoms with Crippen LogP contribution in [0.5, 0.6) is 0 Å². The minimum absolute atomic E-state index is 0.106. The van der Waals surface area contributed by atoms with Crippen molar-refractivity contribution in [3.63, 3.8) is 0 Å². The molecule has 6 rings (SSSR count). The second-order valence-electron chi connectivity index (χ2n) is 11.3. The van der Waals surface area contributed by atoms with Crippen molar-refractivity contribution in [1.29, 1.82) is 0 Å². The van der Waals surface area contributed by atoms with Crippen molar-refractivity contribution < 1.29 is 45.4 Å². The number of carbonyl (C=O) groups excluding carboxylic acids is 2. The van der Waals surface area contributed by atoms with E-state index in [1.807, 2.05) is 0 Å². The van der Waals surface area contributed by atoms with Gasteiger partial charge < -0.3 is 20.5 Å². The molecule has 1 aliphatic heterocycles. The molecule has 1 aliphatic carbocycles. The van der Waals surface area contributed by atoms with E-state index < -0.39 is 65.1 Å².